The lowest BCUT2D eigenvalue weighted by atomic mass is 10.1. The van der Waals surface area contributed by atoms with Crippen molar-refractivity contribution in [1.82, 2.24) is 4.98 Å². The van der Waals surface area contributed by atoms with E-state index in [4.69, 9.17) is 27.9 Å². The van der Waals surface area contributed by atoms with E-state index in [9.17, 15) is 4.79 Å². The van der Waals surface area contributed by atoms with Crippen LogP contribution in [0.3, 0.4) is 0 Å². The molecule has 0 saturated heterocycles. The van der Waals surface area contributed by atoms with Crippen LogP contribution in [0.5, 0.6) is 0 Å². The number of hydrogen-bond donors (Lipinski definition) is 1. The Balaban J connectivity index is 1.86. The van der Waals surface area contributed by atoms with Gasteiger partial charge in [-0.1, -0.05) is 47.5 Å². The second-order valence-corrected chi connectivity index (χ2v) is 6.25. The average molecular weight is 375 g/mol. The highest BCUT2D eigenvalue weighted by Crippen LogP contribution is 2.29. The lowest BCUT2D eigenvalue weighted by Crippen LogP contribution is -2.24. The maximum atomic E-state index is 12.7. The number of nitrogens with zero attached hydrogens (tertiary/aromatic N) is 1. The van der Waals surface area contributed by atoms with Crippen molar-refractivity contribution >= 4 is 45.7 Å². The molecular formula is C19H16Cl2N2O2. The third kappa shape index (κ3) is 4.10. The molecule has 4 nitrogen and oxygen atoms in total. The predicted molar refractivity (Wildman–Crippen MR) is 101 cm³/mol. The van der Waals surface area contributed by atoms with Gasteiger partial charge in [-0.25, -0.2) is 0 Å². The number of halogens is 2. The van der Waals surface area contributed by atoms with Gasteiger partial charge in [0.05, 0.1) is 17.4 Å². The number of carbonyl (C=O) groups is 1. The van der Waals surface area contributed by atoms with E-state index in [2.05, 4.69) is 10.3 Å². The van der Waals surface area contributed by atoms with Crippen LogP contribution < -0.4 is 5.32 Å². The number of nitrogens with one attached hydrogen (secondary N) is 1. The highest BCUT2D eigenvalue weighted by Gasteiger charge is 2.24. The SMILES string of the molecule is CCOC(C(=O)Nc1cnc2ccccc2c1)c1ccc(Cl)cc1Cl. The first-order valence-electron chi connectivity index (χ1n) is 7.80. The van der Waals surface area contributed by atoms with E-state index in [1.807, 2.05) is 37.3 Å². The number of ether oxygens (including phenoxy) is 1. The first-order valence-corrected chi connectivity index (χ1v) is 8.56. The Hall–Kier alpha value is -2.14. The number of fused-ring (bicyclic) bond motifs is 1. The summed E-state index contributed by atoms with van der Waals surface area (Å²) in [5.74, 6) is -0.317. The van der Waals surface area contributed by atoms with Crippen LogP contribution in [0.1, 0.15) is 18.6 Å². The number of rotatable bonds is 5. The Labute approximate surface area is 155 Å². The number of benzene rings is 2. The molecular weight excluding hydrogens is 359 g/mol. The fraction of sp³-hybridized carbons (Fsp3) is 0.158. The Bertz CT molecular complexity index is 915. The van der Waals surface area contributed by atoms with Crippen LogP contribution >= 0.6 is 23.2 Å². The molecule has 1 atom stereocenters. The zero-order valence-corrected chi connectivity index (χ0v) is 15.0. The van der Waals surface area contributed by atoms with Gasteiger partial charge in [0.1, 0.15) is 0 Å². The molecule has 1 unspecified atom stereocenters. The number of aromatic nitrogens is 1. The van der Waals surface area contributed by atoms with Crippen molar-refractivity contribution in [3.63, 3.8) is 0 Å². The molecule has 0 spiro atoms. The molecule has 6 heteroatoms. The molecule has 0 saturated carbocycles. The van der Waals surface area contributed by atoms with Crippen LogP contribution in [0.4, 0.5) is 5.69 Å². The second-order valence-electron chi connectivity index (χ2n) is 5.41. The fourth-order valence-corrected chi connectivity index (χ4v) is 3.04. The minimum absolute atomic E-state index is 0.317. The summed E-state index contributed by atoms with van der Waals surface area (Å²) in [5, 5.41) is 4.67. The molecule has 1 N–H and O–H groups in total. The van der Waals surface area contributed by atoms with Crippen LogP contribution in [-0.2, 0) is 9.53 Å². The molecule has 0 radical (unpaired) electrons. The van der Waals surface area contributed by atoms with Crippen molar-refractivity contribution in [3.8, 4) is 0 Å². The summed E-state index contributed by atoms with van der Waals surface area (Å²) in [6.07, 6.45) is 0.786. The van der Waals surface area contributed by atoms with Crippen molar-refractivity contribution in [1.29, 1.82) is 0 Å². The summed E-state index contributed by atoms with van der Waals surface area (Å²) >= 11 is 12.2. The first kappa shape index (κ1) is 17.7. The summed E-state index contributed by atoms with van der Waals surface area (Å²) in [6.45, 7) is 2.19. The van der Waals surface area contributed by atoms with E-state index in [1.54, 1.807) is 24.4 Å². The van der Waals surface area contributed by atoms with E-state index in [0.717, 1.165) is 10.9 Å². The van der Waals surface area contributed by atoms with Gasteiger partial charge in [0, 0.05) is 27.6 Å². The molecule has 1 heterocycles. The number of hydrogen-bond acceptors (Lipinski definition) is 3. The lowest BCUT2D eigenvalue weighted by molar-refractivity contribution is -0.127. The summed E-state index contributed by atoms with van der Waals surface area (Å²) in [7, 11) is 0. The molecule has 0 aliphatic heterocycles. The Morgan fingerprint density at radius 1 is 1.20 bits per heavy atom. The van der Waals surface area contributed by atoms with Gasteiger partial charge in [-0.2, -0.15) is 0 Å². The van der Waals surface area contributed by atoms with E-state index < -0.39 is 6.10 Å². The van der Waals surface area contributed by atoms with Crippen LogP contribution in [0.15, 0.2) is 54.7 Å². The third-order valence-electron chi connectivity index (χ3n) is 3.67. The highest BCUT2D eigenvalue weighted by molar-refractivity contribution is 6.35. The molecule has 0 aliphatic rings. The van der Waals surface area contributed by atoms with Crippen molar-refractivity contribution in [2.45, 2.75) is 13.0 Å². The normalized spacial score (nSPS) is 12.1. The molecule has 0 bridgehead atoms. The van der Waals surface area contributed by atoms with E-state index >= 15 is 0 Å². The Kier molecular flexibility index (Phi) is 5.53. The molecule has 0 fully saturated rings. The largest absolute Gasteiger partial charge is 0.364 e. The molecule has 128 valence electrons. The van der Waals surface area contributed by atoms with Crippen molar-refractivity contribution < 1.29 is 9.53 Å². The van der Waals surface area contributed by atoms with Crippen LogP contribution in [0, 0.1) is 0 Å². The van der Waals surface area contributed by atoms with Gasteiger partial charge in [0.15, 0.2) is 6.10 Å². The van der Waals surface area contributed by atoms with Crippen molar-refractivity contribution in [2.24, 2.45) is 0 Å². The molecule has 0 aliphatic carbocycles. The van der Waals surface area contributed by atoms with Gasteiger partial charge in [-0.15, -0.1) is 0 Å². The van der Waals surface area contributed by atoms with Crippen LogP contribution in [-0.4, -0.2) is 17.5 Å². The minimum Gasteiger partial charge on any atom is -0.364 e. The van der Waals surface area contributed by atoms with Gasteiger partial charge in [-0.05, 0) is 31.2 Å². The fourth-order valence-electron chi connectivity index (χ4n) is 2.53. The molecule has 3 rings (SSSR count). The third-order valence-corrected chi connectivity index (χ3v) is 4.24. The lowest BCUT2D eigenvalue weighted by Gasteiger charge is -2.18. The number of anilines is 1. The zero-order chi connectivity index (χ0) is 17.8. The van der Waals surface area contributed by atoms with Crippen LogP contribution in [0.25, 0.3) is 10.9 Å². The maximum Gasteiger partial charge on any atom is 0.258 e. The summed E-state index contributed by atoms with van der Waals surface area (Å²) < 4.78 is 5.61. The van der Waals surface area contributed by atoms with Gasteiger partial charge in [0.2, 0.25) is 0 Å². The second kappa shape index (κ2) is 7.83. The molecule has 25 heavy (non-hydrogen) atoms. The summed E-state index contributed by atoms with van der Waals surface area (Å²) in [5.41, 5.74) is 2.03. The number of pyridine rings is 1. The predicted octanol–water partition coefficient (Wildman–Crippen LogP) is 5.26. The van der Waals surface area contributed by atoms with Crippen LogP contribution in [0.2, 0.25) is 10.0 Å². The maximum absolute atomic E-state index is 12.7. The monoisotopic (exact) mass is 374 g/mol. The van der Waals surface area contributed by atoms with Crippen molar-refractivity contribution in [3.05, 3.63) is 70.3 Å². The smallest absolute Gasteiger partial charge is 0.258 e. The van der Waals surface area contributed by atoms with Gasteiger partial charge >= 0.3 is 0 Å². The molecule has 3 aromatic rings. The molecule has 1 aromatic heterocycles. The minimum atomic E-state index is -0.832. The molecule has 1 amide bonds. The van der Waals surface area contributed by atoms with Crippen molar-refractivity contribution in [2.75, 3.05) is 11.9 Å². The van der Waals surface area contributed by atoms with Gasteiger partial charge < -0.3 is 10.1 Å². The van der Waals surface area contributed by atoms with E-state index in [0.29, 0.717) is 27.9 Å². The first-order chi connectivity index (χ1) is 12.1. The number of amides is 1. The van der Waals surface area contributed by atoms with Gasteiger partial charge in [-0.3, -0.25) is 9.78 Å². The quantitative estimate of drug-likeness (QED) is 0.662. The number of para-hydroxylation sites is 1. The Morgan fingerprint density at radius 3 is 2.76 bits per heavy atom. The number of carbonyl (C=O) groups excluding carboxylic acids is 1. The zero-order valence-electron chi connectivity index (χ0n) is 13.5. The summed E-state index contributed by atoms with van der Waals surface area (Å²) in [6, 6.07) is 14.5. The van der Waals surface area contributed by atoms with E-state index in [-0.39, 0.29) is 5.91 Å². The summed E-state index contributed by atoms with van der Waals surface area (Å²) in [4.78, 5) is 17.1. The van der Waals surface area contributed by atoms with Gasteiger partial charge in [0.25, 0.3) is 5.91 Å². The standard InChI is InChI=1S/C19H16Cl2N2O2/c1-2-25-18(15-8-7-13(20)10-16(15)21)19(24)23-14-9-12-5-3-4-6-17(12)22-11-14/h3-11,18H,2H2,1H3,(H,23,24). The molecule has 2 aromatic carbocycles. The Morgan fingerprint density at radius 2 is 2.00 bits per heavy atom. The topological polar surface area (TPSA) is 51.2 Å². The highest BCUT2D eigenvalue weighted by atomic mass is 35.5. The van der Waals surface area contributed by atoms with E-state index in [1.165, 1.54) is 0 Å². The average Bonchev–Trinajstić information content (AvgIpc) is 2.60.